The van der Waals surface area contributed by atoms with Gasteiger partial charge in [-0.3, -0.25) is 0 Å². The molecule has 1 atom stereocenters. The maximum absolute atomic E-state index is 5.94. The Morgan fingerprint density at radius 2 is 2.25 bits per heavy atom. The van der Waals surface area contributed by atoms with Crippen molar-refractivity contribution in [2.24, 2.45) is 5.73 Å². The van der Waals surface area contributed by atoms with Crippen molar-refractivity contribution in [1.29, 1.82) is 0 Å². The highest BCUT2D eigenvalue weighted by Crippen LogP contribution is 2.29. The fraction of sp³-hybridized carbons (Fsp3) is 0.500. The van der Waals surface area contributed by atoms with Crippen LogP contribution < -0.4 is 5.73 Å². The Hall–Kier alpha value is -0.0300. The van der Waals surface area contributed by atoms with Crippen molar-refractivity contribution in [2.45, 2.75) is 24.3 Å². The lowest BCUT2D eigenvalue weighted by Gasteiger charge is -2.12. The molecule has 0 fully saturated rings. The summed E-state index contributed by atoms with van der Waals surface area (Å²) in [5, 5.41) is 0. The van der Waals surface area contributed by atoms with Crippen molar-refractivity contribution in [3.63, 3.8) is 0 Å². The highest BCUT2D eigenvalue weighted by atomic mass is 79.9. The first-order valence-electron chi connectivity index (χ1n) is 5.32. The molecule has 1 rings (SSSR count). The normalized spacial score (nSPS) is 12.8. The van der Waals surface area contributed by atoms with Gasteiger partial charge in [-0.2, -0.15) is 0 Å². The van der Waals surface area contributed by atoms with Crippen molar-refractivity contribution in [3.05, 3.63) is 28.2 Å². The van der Waals surface area contributed by atoms with Crippen LogP contribution in [0.2, 0.25) is 0 Å². The highest BCUT2D eigenvalue weighted by Gasteiger charge is 2.07. The predicted molar refractivity (Wildman–Crippen MR) is 74.0 cm³/mol. The highest BCUT2D eigenvalue weighted by molar-refractivity contribution is 9.10. The molecule has 0 spiro atoms. The molecular formula is C12H18BrNOS. The van der Waals surface area contributed by atoms with E-state index in [1.807, 2.05) is 24.8 Å². The second kappa shape index (κ2) is 7.33. The summed E-state index contributed by atoms with van der Waals surface area (Å²) in [5.74, 6) is 1.06. The van der Waals surface area contributed by atoms with Gasteiger partial charge in [-0.05, 0) is 31.0 Å². The second-order valence-electron chi connectivity index (χ2n) is 3.67. The first kappa shape index (κ1) is 14.0. The number of methoxy groups -OCH3 is 1. The molecule has 90 valence electrons. The van der Waals surface area contributed by atoms with E-state index in [0.29, 0.717) is 0 Å². The van der Waals surface area contributed by atoms with E-state index in [9.17, 15) is 0 Å². The molecule has 2 nitrogen and oxygen atoms in total. The van der Waals surface area contributed by atoms with Crippen molar-refractivity contribution in [2.75, 3.05) is 19.5 Å². The van der Waals surface area contributed by atoms with Crippen LogP contribution in [0, 0.1) is 0 Å². The van der Waals surface area contributed by atoms with E-state index in [-0.39, 0.29) is 6.04 Å². The van der Waals surface area contributed by atoms with Crippen molar-refractivity contribution in [3.8, 4) is 0 Å². The van der Waals surface area contributed by atoms with Crippen LogP contribution in [0.25, 0.3) is 0 Å². The van der Waals surface area contributed by atoms with Gasteiger partial charge in [0.2, 0.25) is 0 Å². The zero-order valence-corrected chi connectivity index (χ0v) is 12.1. The first-order valence-corrected chi connectivity index (χ1v) is 7.09. The molecule has 4 heteroatoms. The lowest BCUT2D eigenvalue weighted by atomic mass is 10.1. The fourth-order valence-corrected chi connectivity index (χ4v) is 3.02. The molecule has 0 saturated carbocycles. The van der Waals surface area contributed by atoms with Crippen LogP contribution >= 0.6 is 27.7 Å². The van der Waals surface area contributed by atoms with Gasteiger partial charge in [0.05, 0.1) is 0 Å². The average Bonchev–Trinajstić information content (AvgIpc) is 2.24. The molecule has 0 aliphatic heterocycles. The standard InChI is InChI=1S/C12H18BrNOS/c1-9(14)11-5-4-10(13)8-12(11)16-7-3-6-15-2/h4-5,8-9H,3,6-7,14H2,1-2H3. The molecule has 0 bridgehead atoms. The SMILES string of the molecule is COCCCSc1cc(Br)ccc1C(C)N. The molecule has 2 N–H and O–H groups in total. The minimum atomic E-state index is 0.0815. The molecular weight excluding hydrogens is 286 g/mol. The zero-order chi connectivity index (χ0) is 12.0. The Labute approximate surface area is 110 Å². The molecule has 0 aromatic heterocycles. The molecule has 0 aliphatic carbocycles. The number of nitrogens with two attached hydrogens (primary N) is 1. The average molecular weight is 304 g/mol. The minimum Gasteiger partial charge on any atom is -0.385 e. The maximum atomic E-state index is 5.94. The number of benzene rings is 1. The largest absolute Gasteiger partial charge is 0.385 e. The number of ether oxygens (including phenoxy) is 1. The third-order valence-electron chi connectivity index (χ3n) is 2.22. The summed E-state index contributed by atoms with van der Waals surface area (Å²) in [6.07, 6.45) is 1.06. The van der Waals surface area contributed by atoms with Gasteiger partial charge in [-0.1, -0.05) is 22.0 Å². The van der Waals surface area contributed by atoms with Crippen LogP contribution in [0.5, 0.6) is 0 Å². The Morgan fingerprint density at radius 1 is 1.50 bits per heavy atom. The Kier molecular flexibility index (Phi) is 6.43. The molecule has 1 aromatic rings. The molecule has 1 unspecified atom stereocenters. The van der Waals surface area contributed by atoms with E-state index in [2.05, 4.69) is 28.1 Å². The number of hydrogen-bond acceptors (Lipinski definition) is 3. The minimum absolute atomic E-state index is 0.0815. The molecule has 0 heterocycles. The van der Waals surface area contributed by atoms with Crippen LogP contribution in [-0.2, 0) is 4.74 Å². The van der Waals surface area contributed by atoms with Gasteiger partial charge in [0.25, 0.3) is 0 Å². The quantitative estimate of drug-likeness (QED) is 0.644. The first-order chi connectivity index (χ1) is 7.65. The third kappa shape index (κ3) is 4.45. The van der Waals surface area contributed by atoms with Gasteiger partial charge in [0, 0.05) is 34.9 Å². The van der Waals surface area contributed by atoms with Crippen LogP contribution in [0.4, 0.5) is 0 Å². The number of halogens is 1. The smallest absolute Gasteiger partial charge is 0.0470 e. The van der Waals surface area contributed by atoms with E-state index >= 15 is 0 Å². The number of hydrogen-bond donors (Lipinski definition) is 1. The van der Waals surface area contributed by atoms with Gasteiger partial charge in [-0.15, -0.1) is 11.8 Å². The van der Waals surface area contributed by atoms with Crippen molar-refractivity contribution >= 4 is 27.7 Å². The van der Waals surface area contributed by atoms with E-state index in [0.717, 1.165) is 23.3 Å². The lowest BCUT2D eigenvalue weighted by molar-refractivity contribution is 0.200. The zero-order valence-electron chi connectivity index (χ0n) is 9.70. The summed E-state index contributed by atoms with van der Waals surface area (Å²) in [6.45, 7) is 2.83. The topological polar surface area (TPSA) is 35.2 Å². The molecule has 16 heavy (non-hydrogen) atoms. The lowest BCUT2D eigenvalue weighted by Crippen LogP contribution is -2.06. The predicted octanol–water partition coefficient (Wildman–Crippen LogP) is 3.60. The molecule has 0 aliphatic rings. The molecule has 1 aromatic carbocycles. The molecule has 0 amide bonds. The van der Waals surface area contributed by atoms with Crippen LogP contribution in [0.3, 0.4) is 0 Å². The summed E-state index contributed by atoms with van der Waals surface area (Å²) < 4.78 is 6.14. The van der Waals surface area contributed by atoms with E-state index in [1.165, 1.54) is 10.5 Å². The van der Waals surface area contributed by atoms with Gasteiger partial charge in [0.15, 0.2) is 0 Å². The third-order valence-corrected chi connectivity index (χ3v) is 3.87. The van der Waals surface area contributed by atoms with Crippen LogP contribution in [0.15, 0.2) is 27.6 Å². The van der Waals surface area contributed by atoms with Crippen molar-refractivity contribution < 1.29 is 4.74 Å². The molecule has 0 radical (unpaired) electrons. The van der Waals surface area contributed by atoms with Crippen LogP contribution in [-0.4, -0.2) is 19.5 Å². The summed E-state index contributed by atoms with van der Waals surface area (Å²) in [4.78, 5) is 1.26. The van der Waals surface area contributed by atoms with E-state index in [4.69, 9.17) is 10.5 Å². The maximum Gasteiger partial charge on any atom is 0.0470 e. The van der Waals surface area contributed by atoms with E-state index < -0.39 is 0 Å². The monoisotopic (exact) mass is 303 g/mol. The van der Waals surface area contributed by atoms with Gasteiger partial charge >= 0.3 is 0 Å². The van der Waals surface area contributed by atoms with Crippen molar-refractivity contribution in [1.82, 2.24) is 0 Å². The number of thioether (sulfide) groups is 1. The Balaban J connectivity index is 2.65. The summed E-state index contributed by atoms with van der Waals surface area (Å²) in [6, 6.07) is 6.35. The Morgan fingerprint density at radius 3 is 2.88 bits per heavy atom. The second-order valence-corrected chi connectivity index (χ2v) is 5.72. The summed E-state index contributed by atoms with van der Waals surface area (Å²) >= 11 is 5.33. The van der Waals surface area contributed by atoms with Gasteiger partial charge in [0.1, 0.15) is 0 Å². The van der Waals surface area contributed by atoms with Crippen LogP contribution in [0.1, 0.15) is 24.9 Å². The fourth-order valence-electron chi connectivity index (χ4n) is 1.39. The number of rotatable bonds is 6. The van der Waals surface area contributed by atoms with Gasteiger partial charge < -0.3 is 10.5 Å². The summed E-state index contributed by atoms with van der Waals surface area (Å²) in [7, 11) is 1.73. The Bertz CT molecular complexity index is 331. The van der Waals surface area contributed by atoms with E-state index in [1.54, 1.807) is 7.11 Å². The van der Waals surface area contributed by atoms with Gasteiger partial charge in [-0.25, -0.2) is 0 Å². The molecule has 0 saturated heterocycles. The summed E-state index contributed by atoms with van der Waals surface area (Å²) in [5.41, 5.74) is 7.16.